The zero-order chi connectivity index (χ0) is 34.2. The van der Waals surface area contributed by atoms with E-state index in [-0.39, 0.29) is 0 Å². The molecule has 0 saturated heterocycles. The topological polar surface area (TPSA) is 39.2 Å². The Balaban J connectivity index is 1.03. The molecule has 3 heterocycles. The number of furan rings is 2. The third-order valence-corrected chi connectivity index (χ3v) is 10.5. The van der Waals surface area contributed by atoms with Gasteiger partial charge >= 0.3 is 0 Å². The second kappa shape index (κ2) is 11.3. The van der Waals surface area contributed by atoms with Gasteiger partial charge in [0.05, 0.1) is 5.52 Å². The normalized spacial score (nSPS) is 11.8. The van der Waals surface area contributed by atoms with Crippen molar-refractivity contribution in [1.82, 2.24) is 4.98 Å². The van der Waals surface area contributed by atoms with Crippen LogP contribution in [0.1, 0.15) is 0 Å². The number of nitrogens with zero attached hydrogens (tertiary/aromatic N) is 1. The van der Waals surface area contributed by atoms with Gasteiger partial charge in [-0.05, 0) is 98.4 Å². The third kappa shape index (κ3) is 4.50. The van der Waals surface area contributed by atoms with Crippen molar-refractivity contribution in [3.8, 4) is 44.5 Å². The fourth-order valence-electron chi connectivity index (χ4n) is 8.00. The van der Waals surface area contributed by atoms with Crippen LogP contribution in [0.3, 0.4) is 0 Å². The van der Waals surface area contributed by atoms with Crippen LogP contribution in [0, 0.1) is 0 Å². The molecule has 0 saturated carbocycles. The SMILES string of the molecule is c1ccc(-c2ccc(-c3cccc4oc5ccc(-c6ccc7oc8ccc(-c9cccc%10ccc%11cccnc%11c9%10)cc8c7c6)cc5c34)cc2)cc1. The van der Waals surface area contributed by atoms with Gasteiger partial charge in [-0.2, -0.15) is 0 Å². The maximum absolute atomic E-state index is 6.41. The van der Waals surface area contributed by atoms with Crippen molar-refractivity contribution < 1.29 is 8.83 Å². The predicted molar refractivity (Wildman–Crippen MR) is 216 cm³/mol. The summed E-state index contributed by atoms with van der Waals surface area (Å²) in [5.41, 5.74) is 13.8. The molecule has 0 bridgehead atoms. The van der Waals surface area contributed by atoms with Crippen molar-refractivity contribution in [1.29, 1.82) is 0 Å². The van der Waals surface area contributed by atoms with E-state index in [1.54, 1.807) is 0 Å². The van der Waals surface area contributed by atoms with E-state index in [1.807, 2.05) is 12.3 Å². The minimum absolute atomic E-state index is 0.872. The molecule has 3 nitrogen and oxygen atoms in total. The minimum Gasteiger partial charge on any atom is -0.456 e. The van der Waals surface area contributed by atoms with Crippen LogP contribution in [-0.4, -0.2) is 4.98 Å². The molecule has 0 fully saturated rings. The Morgan fingerprint density at radius 1 is 0.327 bits per heavy atom. The summed E-state index contributed by atoms with van der Waals surface area (Å²) in [4.78, 5) is 4.79. The smallest absolute Gasteiger partial charge is 0.136 e. The molecule has 0 unspecified atom stereocenters. The second-order valence-corrected chi connectivity index (χ2v) is 13.5. The molecule has 11 aromatic rings. The summed E-state index contributed by atoms with van der Waals surface area (Å²) in [6.45, 7) is 0. The lowest BCUT2D eigenvalue weighted by Gasteiger charge is -2.10. The number of pyridine rings is 1. The molecule has 8 aromatic carbocycles. The summed E-state index contributed by atoms with van der Waals surface area (Å²) in [5.74, 6) is 0. The lowest BCUT2D eigenvalue weighted by atomic mass is 9.94. The quantitative estimate of drug-likeness (QED) is 0.176. The highest BCUT2D eigenvalue weighted by Gasteiger charge is 2.16. The van der Waals surface area contributed by atoms with Crippen molar-refractivity contribution in [3.63, 3.8) is 0 Å². The Hall–Kier alpha value is -6.97. The van der Waals surface area contributed by atoms with Crippen LogP contribution in [0.4, 0.5) is 0 Å². The van der Waals surface area contributed by atoms with Gasteiger partial charge < -0.3 is 8.83 Å². The highest BCUT2D eigenvalue weighted by molar-refractivity contribution is 6.15. The number of hydrogen-bond acceptors (Lipinski definition) is 3. The van der Waals surface area contributed by atoms with Crippen molar-refractivity contribution in [3.05, 3.63) is 176 Å². The molecular weight excluding hydrogens is 635 g/mol. The average Bonchev–Trinajstić information content (AvgIpc) is 3.78. The van der Waals surface area contributed by atoms with Crippen molar-refractivity contribution in [2.75, 3.05) is 0 Å². The highest BCUT2D eigenvalue weighted by Crippen LogP contribution is 2.41. The molecule has 52 heavy (non-hydrogen) atoms. The molecular formula is C49H29NO2. The van der Waals surface area contributed by atoms with Gasteiger partial charge in [0.2, 0.25) is 0 Å². The zero-order valence-electron chi connectivity index (χ0n) is 28.0. The van der Waals surface area contributed by atoms with E-state index in [1.165, 1.54) is 21.9 Å². The first kappa shape index (κ1) is 28.8. The van der Waals surface area contributed by atoms with E-state index in [9.17, 15) is 0 Å². The van der Waals surface area contributed by atoms with Crippen LogP contribution < -0.4 is 0 Å². The van der Waals surface area contributed by atoms with Gasteiger partial charge in [-0.3, -0.25) is 4.98 Å². The van der Waals surface area contributed by atoms with E-state index >= 15 is 0 Å². The molecule has 0 aliphatic carbocycles. The largest absolute Gasteiger partial charge is 0.456 e. The summed E-state index contributed by atoms with van der Waals surface area (Å²) in [7, 11) is 0. The Morgan fingerprint density at radius 3 is 1.67 bits per heavy atom. The van der Waals surface area contributed by atoms with E-state index in [0.717, 1.165) is 88.2 Å². The number of benzene rings is 8. The Kier molecular flexibility index (Phi) is 6.25. The van der Waals surface area contributed by atoms with Crippen molar-refractivity contribution >= 4 is 65.6 Å². The highest BCUT2D eigenvalue weighted by atomic mass is 16.3. The van der Waals surface area contributed by atoms with E-state index in [0.29, 0.717) is 0 Å². The fraction of sp³-hybridized carbons (Fsp3) is 0. The molecule has 0 atom stereocenters. The third-order valence-electron chi connectivity index (χ3n) is 10.5. The molecule has 0 amide bonds. The predicted octanol–water partition coefficient (Wildman–Crippen LogP) is 13.9. The first-order valence-electron chi connectivity index (χ1n) is 17.6. The van der Waals surface area contributed by atoms with Crippen LogP contribution in [-0.2, 0) is 0 Å². The van der Waals surface area contributed by atoms with Gasteiger partial charge in [0.15, 0.2) is 0 Å². The molecule has 0 radical (unpaired) electrons. The van der Waals surface area contributed by atoms with Gasteiger partial charge in [0, 0.05) is 38.5 Å². The zero-order valence-corrected chi connectivity index (χ0v) is 28.0. The molecule has 0 spiro atoms. The Labute approximate surface area is 299 Å². The van der Waals surface area contributed by atoms with Gasteiger partial charge in [-0.15, -0.1) is 0 Å². The standard InChI is InChI=1S/C49H29NO2/c1-2-7-30(8-3-1)31-14-16-32(17-15-31)38-12-5-13-46-48(38)42-28-36(21-24-45(42)52-46)35-20-23-43-40(27-35)41-29-37(22-25-44(41)51-43)39-11-4-9-33-18-19-34-10-6-26-50-49(34)47(33)39/h1-29H. The van der Waals surface area contributed by atoms with Crippen LogP contribution in [0.2, 0.25) is 0 Å². The van der Waals surface area contributed by atoms with Crippen LogP contribution in [0.5, 0.6) is 0 Å². The van der Waals surface area contributed by atoms with E-state index in [2.05, 4.69) is 164 Å². The summed E-state index contributed by atoms with van der Waals surface area (Å²) in [6.07, 6.45) is 1.88. The average molecular weight is 664 g/mol. The second-order valence-electron chi connectivity index (χ2n) is 13.5. The Morgan fingerprint density at radius 2 is 0.885 bits per heavy atom. The maximum Gasteiger partial charge on any atom is 0.136 e. The molecule has 11 rings (SSSR count). The molecule has 3 heteroatoms. The van der Waals surface area contributed by atoms with E-state index < -0.39 is 0 Å². The summed E-state index contributed by atoms with van der Waals surface area (Å²) in [5, 5.41) is 7.90. The van der Waals surface area contributed by atoms with Gasteiger partial charge in [-0.25, -0.2) is 0 Å². The molecule has 0 aliphatic rings. The van der Waals surface area contributed by atoms with Crippen molar-refractivity contribution in [2.24, 2.45) is 0 Å². The van der Waals surface area contributed by atoms with Gasteiger partial charge in [-0.1, -0.05) is 121 Å². The fourth-order valence-corrected chi connectivity index (χ4v) is 8.00. The monoisotopic (exact) mass is 663 g/mol. The first-order valence-corrected chi connectivity index (χ1v) is 17.6. The molecule has 3 aromatic heterocycles. The van der Waals surface area contributed by atoms with Crippen LogP contribution in [0.25, 0.3) is 110 Å². The summed E-state index contributed by atoms with van der Waals surface area (Å²) >= 11 is 0. The van der Waals surface area contributed by atoms with Gasteiger partial charge in [0.1, 0.15) is 22.3 Å². The van der Waals surface area contributed by atoms with Gasteiger partial charge in [0.25, 0.3) is 0 Å². The molecule has 0 N–H and O–H groups in total. The van der Waals surface area contributed by atoms with Crippen LogP contribution in [0.15, 0.2) is 185 Å². The number of hydrogen-bond donors (Lipinski definition) is 0. The number of aromatic nitrogens is 1. The van der Waals surface area contributed by atoms with E-state index in [4.69, 9.17) is 13.8 Å². The van der Waals surface area contributed by atoms with Crippen molar-refractivity contribution in [2.45, 2.75) is 0 Å². The maximum atomic E-state index is 6.41. The lowest BCUT2D eigenvalue weighted by Crippen LogP contribution is -1.86. The number of fused-ring (bicyclic) bond motifs is 9. The molecule has 242 valence electrons. The molecule has 0 aliphatic heterocycles. The first-order chi connectivity index (χ1) is 25.7. The summed E-state index contributed by atoms with van der Waals surface area (Å²) < 4.78 is 12.8. The summed E-state index contributed by atoms with van der Waals surface area (Å²) in [6, 6.07) is 60.2. The number of rotatable bonds is 4. The lowest BCUT2D eigenvalue weighted by molar-refractivity contribution is 0.668. The Bertz CT molecular complexity index is 3170. The minimum atomic E-state index is 0.872. The van der Waals surface area contributed by atoms with Crippen LogP contribution >= 0.6 is 0 Å².